The summed E-state index contributed by atoms with van der Waals surface area (Å²) in [6.45, 7) is 4.61. The van der Waals surface area contributed by atoms with Gasteiger partial charge in [0.25, 0.3) is 0 Å². The molecule has 2 N–H and O–H groups in total. The first-order valence-electron chi connectivity index (χ1n) is 9.34. The second-order valence-electron chi connectivity index (χ2n) is 7.09. The lowest BCUT2D eigenvalue weighted by Gasteiger charge is -2.39. The minimum absolute atomic E-state index is 0.158. The predicted molar refractivity (Wildman–Crippen MR) is 96.5 cm³/mol. The topological polar surface area (TPSA) is 63.4 Å². The third kappa shape index (κ3) is 2.85. The Bertz CT molecular complexity index is 763. The number of carbonyl (C=O) groups excluding carboxylic acids is 1. The molecular weight excluding hydrogens is 316 g/mol. The van der Waals surface area contributed by atoms with Crippen LogP contribution in [-0.2, 0) is 26.2 Å². The van der Waals surface area contributed by atoms with Crippen molar-refractivity contribution in [1.29, 1.82) is 0 Å². The Labute approximate surface area is 148 Å². The summed E-state index contributed by atoms with van der Waals surface area (Å²) in [4.78, 5) is 16.6. The fourth-order valence-corrected chi connectivity index (χ4v) is 4.38. The van der Waals surface area contributed by atoms with Crippen LogP contribution in [0.15, 0.2) is 24.3 Å². The maximum absolute atomic E-state index is 13.1. The number of nitrogens with one attached hydrogen (secondary N) is 2. The molecule has 134 valence electrons. The zero-order valence-electron chi connectivity index (χ0n) is 14.8. The summed E-state index contributed by atoms with van der Waals surface area (Å²) in [6, 6.07) is 8.31. The Morgan fingerprint density at radius 1 is 1.32 bits per heavy atom. The van der Waals surface area contributed by atoms with Crippen molar-refractivity contribution in [3.8, 4) is 0 Å². The van der Waals surface area contributed by atoms with Crippen LogP contribution in [-0.4, -0.2) is 37.3 Å². The quantitative estimate of drug-likeness (QED) is 0.839. The van der Waals surface area contributed by atoms with Gasteiger partial charge < -0.3 is 14.5 Å². The lowest BCUT2D eigenvalue weighted by molar-refractivity contribution is -0.153. The van der Waals surface area contributed by atoms with Crippen LogP contribution in [0, 0.1) is 5.92 Å². The number of hydrogen-bond acceptors (Lipinski definition) is 4. The molecule has 1 atom stereocenters. The standard InChI is InChI=1S/C20H26N2O3/c1-2-25-19(23)20(13-14-8-11-24-12-9-14)18-16(7-10-21-20)15-5-3-4-6-17(15)22-18/h3-6,14,21-22H,2,7-13H2,1H3. The van der Waals surface area contributed by atoms with Gasteiger partial charge in [-0.25, -0.2) is 4.79 Å². The van der Waals surface area contributed by atoms with E-state index >= 15 is 0 Å². The highest BCUT2D eigenvalue weighted by Gasteiger charge is 2.48. The van der Waals surface area contributed by atoms with Crippen molar-refractivity contribution in [2.24, 2.45) is 5.92 Å². The maximum atomic E-state index is 13.1. The van der Waals surface area contributed by atoms with Crippen LogP contribution in [0.5, 0.6) is 0 Å². The van der Waals surface area contributed by atoms with E-state index in [2.05, 4.69) is 28.5 Å². The Kier molecular flexibility index (Phi) is 4.52. The van der Waals surface area contributed by atoms with E-state index in [4.69, 9.17) is 9.47 Å². The van der Waals surface area contributed by atoms with E-state index in [0.717, 1.165) is 56.7 Å². The summed E-state index contributed by atoms with van der Waals surface area (Å²) in [7, 11) is 0. The molecule has 0 aliphatic carbocycles. The zero-order valence-corrected chi connectivity index (χ0v) is 14.8. The van der Waals surface area contributed by atoms with Crippen LogP contribution < -0.4 is 5.32 Å². The van der Waals surface area contributed by atoms with E-state index in [1.807, 2.05) is 13.0 Å². The average Bonchev–Trinajstić information content (AvgIpc) is 3.03. The minimum atomic E-state index is -0.773. The highest BCUT2D eigenvalue weighted by molar-refractivity contribution is 5.90. The Hall–Kier alpha value is -1.85. The minimum Gasteiger partial charge on any atom is -0.464 e. The van der Waals surface area contributed by atoms with Crippen molar-refractivity contribution in [2.75, 3.05) is 26.4 Å². The molecule has 0 radical (unpaired) electrons. The molecule has 2 aliphatic rings. The first kappa shape index (κ1) is 16.6. The number of H-pyrrole nitrogens is 1. The molecule has 25 heavy (non-hydrogen) atoms. The molecule has 2 aliphatic heterocycles. The molecular formula is C20H26N2O3. The molecule has 5 nitrogen and oxygen atoms in total. The second-order valence-corrected chi connectivity index (χ2v) is 7.09. The number of aromatic nitrogens is 1. The van der Waals surface area contributed by atoms with Gasteiger partial charge in [-0.05, 0) is 50.2 Å². The zero-order chi connectivity index (χ0) is 17.3. The summed E-state index contributed by atoms with van der Waals surface area (Å²) >= 11 is 0. The van der Waals surface area contributed by atoms with Gasteiger partial charge in [0.1, 0.15) is 0 Å². The summed E-state index contributed by atoms with van der Waals surface area (Å²) < 4.78 is 11.0. The van der Waals surface area contributed by atoms with Gasteiger partial charge in [-0.15, -0.1) is 0 Å². The lowest BCUT2D eigenvalue weighted by Crippen LogP contribution is -2.55. The van der Waals surface area contributed by atoms with Gasteiger partial charge in [0.15, 0.2) is 5.54 Å². The summed E-state index contributed by atoms with van der Waals surface area (Å²) in [5.74, 6) is 0.303. The molecule has 4 rings (SSSR count). The SMILES string of the molecule is CCOC(=O)C1(CC2CCOCC2)NCCc2c1[nH]c1ccccc21. The predicted octanol–water partition coefficient (Wildman–Crippen LogP) is 2.89. The molecule has 3 heterocycles. The van der Waals surface area contributed by atoms with Crippen molar-refractivity contribution >= 4 is 16.9 Å². The van der Waals surface area contributed by atoms with Gasteiger partial charge in [0.05, 0.1) is 12.3 Å². The van der Waals surface area contributed by atoms with Gasteiger partial charge in [0, 0.05) is 30.7 Å². The number of esters is 1. The lowest BCUT2D eigenvalue weighted by atomic mass is 9.77. The van der Waals surface area contributed by atoms with Crippen LogP contribution in [0.3, 0.4) is 0 Å². The smallest absolute Gasteiger partial charge is 0.332 e. The van der Waals surface area contributed by atoms with Crippen molar-refractivity contribution in [3.63, 3.8) is 0 Å². The van der Waals surface area contributed by atoms with Gasteiger partial charge in [-0.3, -0.25) is 5.32 Å². The van der Waals surface area contributed by atoms with Crippen LogP contribution >= 0.6 is 0 Å². The molecule has 0 spiro atoms. The highest BCUT2D eigenvalue weighted by Crippen LogP contribution is 2.40. The van der Waals surface area contributed by atoms with Crippen LogP contribution in [0.1, 0.15) is 37.4 Å². The van der Waals surface area contributed by atoms with E-state index < -0.39 is 5.54 Å². The van der Waals surface area contributed by atoms with E-state index in [1.54, 1.807) is 0 Å². The number of para-hydroxylation sites is 1. The number of benzene rings is 1. The molecule has 2 aromatic rings. The van der Waals surface area contributed by atoms with E-state index in [9.17, 15) is 4.79 Å². The van der Waals surface area contributed by atoms with Crippen molar-refractivity contribution in [2.45, 2.75) is 38.1 Å². The molecule has 0 bridgehead atoms. The second kappa shape index (κ2) is 6.81. The first-order chi connectivity index (χ1) is 12.2. The van der Waals surface area contributed by atoms with Crippen LogP contribution in [0.4, 0.5) is 0 Å². The first-order valence-corrected chi connectivity index (χ1v) is 9.34. The maximum Gasteiger partial charge on any atom is 0.332 e. The average molecular weight is 342 g/mol. The molecule has 0 amide bonds. The summed E-state index contributed by atoms with van der Waals surface area (Å²) in [5, 5.41) is 4.76. The molecule has 1 aromatic heterocycles. The van der Waals surface area contributed by atoms with Gasteiger partial charge in [-0.2, -0.15) is 0 Å². The number of ether oxygens (including phenoxy) is 2. The van der Waals surface area contributed by atoms with Gasteiger partial charge in [0.2, 0.25) is 0 Å². The number of fused-ring (bicyclic) bond motifs is 3. The summed E-state index contributed by atoms with van der Waals surface area (Å²) in [5.41, 5.74) is 2.58. The molecule has 0 saturated carbocycles. The molecule has 1 aromatic carbocycles. The fraction of sp³-hybridized carbons (Fsp3) is 0.550. The molecule has 5 heteroatoms. The largest absolute Gasteiger partial charge is 0.464 e. The van der Waals surface area contributed by atoms with Crippen LogP contribution in [0.2, 0.25) is 0 Å². The van der Waals surface area contributed by atoms with Gasteiger partial charge in [-0.1, -0.05) is 18.2 Å². The van der Waals surface area contributed by atoms with Crippen molar-refractivity contribution in [1.82, 2.24) is 10.3 Å². The van der Waals surface area contributed by atoms with Crippen LogP contribution in [0.25, 0.3) is 10.9 Å². The number of aromatic amines is 1. The Morgan fingerprint density at radius 3 is 2.92 bits per heavy atom. The number of carbonyl (C=O) groups is 1. The monoisotopic (exact) mass is 342 g/mol. The van der Waals surface area contributed by atoms with E-state index in [-0.39, 0.29) is 5.97 Å². The van der Waals surface area contributed by atoms with Gasteiger partial charge >= 0.3 is 5.97 Å². The third-order valence-corrected chi connectivity index (χ3v) is 5.60. The fourth-order valence-electron chi connectivity index (χ4n) is 4.38. The molecule has 1 fully saturated rings. The number of hydrogen-bond donors (Lipinski definition) is 2. The third-order valence-electron chi connectivity index (χ3n) is 5.60. The molecule has 1 saturated heterocycles. The van der Waals surface area contributed by atoms with E-state index in [0.29, 0.717) is 12.5 Å². The Morgan fingerprint density at radius 2 is 2.12 bits per heavy atom. The number of rotatable bonds is 4. The van der Waals surface area contributed by atoms with E-state index in [1.165, 1.54) is 10.9 Å². The van der Waals surface area contributed by atoms with Crippen molar-refractivity contribution in [3.05, 3.63) is 35.5 Å². The highest BCUT2D eigenvalue weighted by atomic mass is 16.5. The molecule has 1 unspecified atom stereocenters. The van der Waals surface area contributed by atoms with Crippen molar-refractivity contribution < 1.29 is 14.3 Å². The Balaban J connectivity index is 1.80. The summed E-state index contributed by atoms with van der Waals surface area (Å²) in [6.07, 6.45) is 3.68. The normalized spacial score (nSPS) is 24.2.